The summed E-state index contributed by atoms with van der Waals surface area (Å²) in [6.07, 6.45) is 4.44. The number of carbonyl (C=O) groups is 3. The van der Waals surface area contributed by atoms with E-state index < -0.39 is 17.9 Å². The molecular formula is C29H27N5O4. The van der Waals surface area contributed by atoms with Crippen molar-refractivity contribution < 1.29 is 19.5 Å². The topological polar surface area (TPSA) is 141 Å². The zero-order valence-electron chi connectivity index (χ0n) is 20.7. The first-order valence-corrected chi connectivity index (χ1v) is 12.3. The number of aliphatic hydroxyl groups excluding tert-OH is 1. The molecule has 3 heterocycles. The molecule has 9 nitrogen and oxygen atoms in total. The molecule has 4 aromatic rings. The van der Waals surface area contributed by atoms with Crippen molar-refractivity contribution in [2.45, 2.75) is 25.4 Å². The number of carbonyl (C=O) groups excluding carboxylic acids is 3. The van der Waals surface area contributed by atoms with Gasteiger partial charge in [0, 0.05) is 47.6 Å². The number of nitrogens with zero attached hydrogens (tertiary/aromatic N) is 2. The number of nitrogens with one attached hydrogen (secondary N) is 2. The molecule has 0 saturated carbocycles. The number of nitrogens with two attached hydrogens (primary N) is 1. The normalized spacial score (nSPS) is 16.6. The molecule has 2 atom stereocenters. The molecule has 1 aliphatic heterocycles. The number of H-pyrrole nitrogens is 1. The molecule has 5 rings (SSSR count). The van der Waals surface area contributed by atoms with E-state index in [2.05, 4.69) is 15.3 Å². The molecule has 5 N–H and O–H groups in total. The largest absolute Gasteiger partial charge is 0.383 e. The zero-order valence-corrected chi connectivity index (χ0v) is 20.7. The van der Waals surface area contributed by atoms with Crippen LogP contribution >= 0.6 is 0 Å². The molecule has 2 aromatic heterocycles. The summed E-state index contributed by atoms with van der Waals surface area (Å²) in [7, 11) is 0. The Morgan fingerprint density at radius 1 is 1.16 bits per heavy atom. The third kappa shape index (κ3) is 4.79. The van der Waals surface area contributed by atoms with Crippen LogP contribution in [0.4, 0.5) is 11.4 Å². The van der Waals surface area contributed by atoms with Crippen LogP contribution in [0.1, 0.15) is 36.0 Å². The van der Waals surface area contributed by atoms with Gasteiger partial charge in [-0.3, -0.25) is 14.4 Å². The van der Waals surface area contributed by atoms with E-state index in [0.29, 0.717) is 52.1 Å². The lowest BCUT2D eigenvalue weighted by atomic mass is 9.99. The Morgan fingerprint density at radius 2 is 1.89 bits per heavy atom. The Hall–Kier alpha value is -4.76. The molecule has 1 aliphatic rings. The van der Waals surface area contributed by atoms with Crippen LogP contribution in [0.5, 0.6) is 0 Å². The fraction of sp³-hybridized carbons (Fsp3) is 0.172. The number of aromatic amines is 1. The molecule has 1 saturated heterocycles. The van der Waals surface area contributed by atoms with Crippen molar-refractivity contribution in [1.29, 1.82) is 0 Å². The van der Waals surface area contributed by atoms with Crippen LogP contribution in [0.25, 0.3) is 22.7 Å². The van der Waals surface area contributed by atoms with E-state index >= 15 is 0 Å². The van der Waals surface area contributed by atoms with Gasteiger partial charge in [-0.05, 0) is 42.3 Å². The Balaban J connectivity index is 1.40. The van der Waals surface area contributed by atoms with E-state index in [1.807, 2.05) is 30.3 Å². The lowest BCUT2D eigenvalue weighted by Gasteiger charge is -2.18. The van der Waals surface area contributed by atoms with Gasteiger partial charge in [0.15, 0.2) is 0 Å². The number of aliphatic hydroxyl groups is 1. The summed E-state index contributed by atoms with van der Waals surface area (Å²) in [4.78, 5) is 46.6. The maximum atomic E-state index is 13.2. The Kier molecular flexibility index (Phi) is 6.76. The molecule has 3 amide bonds. The molecule has 0 bridgehead atoms. The van der Waals surface area contributed by atoms with Crippen LogP contribution in [0.15, 0.2) is 73.1 Å². The van der Waals surface area contributed by atoms with Gasteiger partial charge in [0.25, 0.3) is 5.91 Å². The molecule has 9 heteroatoms. The summed E-state index contributed by atoms with van der Waals surface area (Å²) in [5.41, 5.74) is 9.93. The summed E-state index contributed by atoms with van der Waals surface area (Å²) < 4.78 is 0. The van der Waals surface area contributed by atoms with Gasteiger partial charge in [-0.15, -0.1) is 0 Å². The Morgan fingerprint density at radius 3 is 2.55 bits per heavy atom. The summed E-state index contributed by atoms with van der Waals surface area (Å²) in [6, 6.07) is 18.0. The number of fused-ring (bicyclic) bond motifs is 1. The lowest BCUT2D eigenvalue weighted by Crippen LogP contribution is -2.29. The molecule has 2 aromatic carbocycles. The van der Waals surface area contributed by atoms with E-state index in [1.165, 1.54) is 0 Å². The van der Waals surface area contributed by atoms with Crippen molar-refractivity contribution in [3.8, 4) is 0 Å². The summed E-state index contributed by atoms with van der Waals surface area (Å²) >= 11 is 0. The van der Waals surface area contributed by atoms with Crippen molar-refractivity contribution >= 4 is 51.8 Å². The number of amides is 3. The zero-order chi connectivity index (χ0) is 26.8. The smallest absolute Gasteiger partial charge is 0.255 e. The first-order valence-electron chi connectivity index (χ1n) is 12.3. The summed E-state index contributed by atoms with van der Waals surface area (Å²) in [5, 5.41) is 13.4. The maximum absolute atomic E-state index is 13.2. The number of anilines is 2. The molecular weight excluding hydrogens is 482 g/mol. The second kappa shape index (κ2) is 10.3. The first-order chi connectivity index (χ1) is 18.3. The highest BCUT2D eigenvalue weighted by Crippen LogP contribution is 2.30. The average molecular weight is 510 g/mol. The van der Waals surface area contributed by atoms with Crippen molar-refractivity contribution in [2.75, 3.05) is 16.8 Å². The quantitative estimate of drug-likeness (QED) is 0.283. The third-order valence-corrected chi connectivity index (χ3v) is 6.79. The third-order valence-electron chi connectivity index (χ3n) is 6.79. The Bertz CT molecular complexity index is 1540. The summed E-state index contributed by atoms with van der Waals surface area (Å²) in [6.45, 7) is 2.26. The van der Waals surface area contributed by atoms with Crippen molar-refractivity contribution in [2.24, 2.45) is 5.73 Å². The number of pyridine rings is 1. The van der Waals surface area contributed by atoms with Crippen molar-refractivity contribution in [3.05, 3.63) is 89.7 Å². The number of hydrogen-bond donors (Lipinski definition) is 4. The van der Waals surface area contributed by atoms with Gasteiger partial charge >= 0.3 is 0 Å². The van der Waals surface area contributed by atoms with E-state index in [9.17, 15) is 19.5 Å². The fourth-order valence-corrected chi connectivity index (χ4v) is 4.63. The second-order valence-electron chi connectivity index (χ2n) is 9.21. The monoisotopic (exact) mass is 509 g/mol. The van der Waals surface area contributed by atoms with Gasteiger partial charge in [-0.1, -0.05) is 42.5 Å². The highest BCUT2D eigenvalue weighted by Gasteiger charge is 2.30. The van der Waals surface area contributed by atoms with E-state index in [0.717, 1.165) is 5.56 Å². The van der Waals surface area contributed by atoms with Crippen LogP contribution in [0.3, 0.4) is 0 Å². The van der Waals surface area contributed by atoms with Gasteiger partial charge in [-0.2, -0.15) is 0 Å². The van der Waals surface area contributed by atoms with Crippen LogP contribution < -0.4 is 16.0 Å². The molecule has 0 aliphatic carbocycles. The van der Waals surface area contributed by atoms with Gasteiger partial charge in [0.1, 0.15) is 11.8 Å². The molecule has 192 valence electrons. The van der Waals surface area contributed by atoms with Crippen LogP contribution in [0.2, 0.25) is 0 Å². The fourth-order valence-electron chi connectivity index (χ4n) is 4.63. The lowest BCUT2D eigenvalue weighted by molar-refractivity contribution is -0.124. The van der Waals surface area contributed by atoms with Crippen molar-refractivity contribution in [3.63, 3.8) is 0 Å². The van der Waals surface area contributed by atoms with Crippen LogP contribution in [-0.2, 0) is 14.4 Å². The maximum Gasteiger partial charge on any atom is 0.255 e. The minimum atomic E-state index is -0.962. The second-order valence-corrected chi connectivity index (χ2v) is 9.21. The number of hydrogen-bond acceptors (Lipinski definition) is 5. The minimum absolute atomic E-state index is 0.229. The predicted molar refractivity (Wildman–Crippen MR) is 146 cm³/mol. The first kappa shape index (κ1) is 24.9. The highest BCUT2D eigenvalue weighted by atomic mass is 16.3. The number of benzene rings is 2. The molecule has 0 radical (unpaired) electrons. The molecule has 2 unspecified atom stereocenters. The highest BCUT2D eigenvalue weighted by molar-refractivity contribution is 6.24. The summed E-state index contributed by atoms with van der Waals surface area (Å²) in [5.74, 6) is -1.60. The number of primary amides is 1. The van der Waals surface area contributed by atoms with E-state index in [1.54, 1.807) is 60.6 Å². The van der Waals surface area contributed by atoms with Gasteiger partial charge in [0.2, 0.25) is 11.8 Å². The van der Waals surface area contributed by atoms with E-state index in [4.69, 9.17) is 5.73 Å². The molecule has 38 heavy (non-hydrogen) atoms. The Labute approximate surface area is 219 Å². The predicted octanol–water partition coefficient (Wildman–Crippen LogP) is 3.43. The average Bonchev–Trinajstić information content (AvgIpc) is 3.50. The standard InChI is InChI=1S/C29H27N5O4/c1-17(18-7-9-21(10-8-18)34-14-12-24(35)29(34)38)28(37)33-23-11-13-31-27-25(23)20(16-32-27)15-22(26(30)36)19-5-3-2-4-6-19/h2-11,13,15-17,24,35H,12,14H2,1H3,(H2,30,36)(H2,31,32,33,37)/b22-15+. The minimum Gasteiger partial charge on any atom is -0.383 e. The van der Waals surface area contributed by atoms with E-state index in [-0.39, 0.29) is 11.8 Å². The van der Waals surface area contributed by atoms with Gasteiger partial charge < -0.3 is 26.0 Å². The van der Waals surface area contributed by atoms with Crippen molar-refractivity contribution in [1.82, 2.24) is 9.97 Å². The number of aromatic nitrogens is 2. The van der Waals surface area contributed by atoms with Crippen LogP contribution in [0, 0.1) is 0 Å². The SMILES string of the molecule is CC(C(=O)Nc1ccnc2[nH]cc(/C=C(/C(N)=O)c3ccccc3)c12)c1ccc(N2CCC(O)C2=O)cc1. The van der Waals surface area contributed by atoms with Gasteiger partial charge in [0.05, 0.1) is 11.6 Å². The van der Waals surface area contributed by atoms with Gasteiger partial charge in [-0.25, -0.2) is 4.98 Å². The van der Waals surface area contributed by atoms with Crippen LogP contribution in [-0.4, -0.2) is 45.4 Å². The molecule has 1 fully saturated rings. The molecule has 0 spiro atoms. The number of rotatable bonds is 7.